The van der Waals surface area contributed by atoms with Crippen molar-refractivity contribution in [2.24, 2.45) is 0 Å². The molecule has 38 heavy (non-hydrogen) atoms. The predicted octanol–water partition coefficient (Wildman–Crippen LogP) is 4.78. The maximum Gasteiger partial charge on any atom is 0.300 e. The van der Waals surface area contributed by atoms with Crippen molar-refractivity contribution < 1.29 is 19.4 Å². The van der Waals surface area contributed by atoms with Gasteiger partial charge in [0.2, 0.25) is 0 Å². The van der Waals surface area contributed by atoms with Gasteiger partial charge in [-0.15, -0.1) is 0 Å². The molecule has 2 fully saturated rings. The highest BCUT2D eigenvalue weighted by molar-refractivity contribution is 6.51. The van der Waals surface area contributed by atoms with E-state index in [2.05, 4.69) is 21.8 Å². The molecule has 0 aliphatic carbocycles. The Bertz CT molecular complexity index is 1380. The summed E-state index contributed by atoms with van der Waals surface area (Å²) >= 11 is 12.6. The minimum Gasteiger partial charge on any atom is -0.507 e. The zero-order chi connectivity index (χ0) is 27.0. The molecule has 0 saturated carbocycles. The number of pyridine rings is 1. The summed E-state index contributed by atoms with van der Waals surface area (Å²) in [5.74, 6) is -1.71. The third-order valence-corrected chi connectivity index (χ3v) is 7.48. The summed E-state index contributed by atoms with van der Waals surface area (Å²) in [5, 5.41) is 11.7. The largest absolute Gasteiger partial charge is 0.507 e. The SMILES string of the molecule is COc1c(Cl)cc(/C(O)=C2\C(=O)C(=O)N(c3ccc(N4CCN(C)CC4)cc3)C2c2cccnc2)cc1Cl. The second-order valence-electron chi connectivity index (χ2n) is 9.24. The number of methoxy groups -OCH3 is 1. The van der Waals surface area contributed by atoms with Gasteiger partial charge in [-0.2, -0.15) is 0 Å². The summed E-state index contributed by atoms with van der Waals surface area (Å²) < 4.78 is 5.19. The standard InChI is InChI=1S/C28H26Cl2N4O4/c1-32-10-12-33(13-11-32)19-5-7-20(8-6-19)34-24(17-4-3-9-31-16-17)23(26(36)28(34)37)25(35)18-14-21(29)27(38-2)22(30)15-18/h3-9,14-16,24,35H,10-13H2,1-2H3/b25-23+. The number of anilines is 2. The summed E-state index contributed by atoms with van der Waals surface area (Å²) in [6, 6.07) is 13.0. The molecule has 5 rings (SSSR count). The van der Waals surface area contributed by atoms with Crippen LogP contribution in [0.3, 0.4) is 0 Å². The number of likely N-dealkylation sites (N-methyl/N-ethyl adjacent to an activating group) is 1. The number of amides is 1. The lowest BCUT2D eigenvalue weighted by Crippen LogP contribution is -2.44. The normalized spacial score (nSPS) is 19.7. The third kappa shape index (κ3) is 4.71. The van der Waals surface area contributed by atoms with Crippen LogP contribution >= 0.6 is 23.2 Å². The van der Waals surface area contributed by atoms with Gasteiger partial charge in [-0.1, -0.05) is 29.3 Å². The highest BCUT2D eigenvalue weighted by Gasteiger charge is 2.47. The van der Waals surface area contributed by atoms with E-state index in [1.165, 1.54) is 24.1 Å². The van der Waals surface area contributed by atoms with E-state index in [-0.39, 0.29) is 32.7 Å². The maximum absolute atomic E-state index is 13.4. The number of aliphatic hydroxyl groups excluding tert-OH is 1. The molecule has 0 bridgehead atoms. The molecular formula is C28H26Cl2N4O4. The van der Waals surface area contributed by atoms with Crippen molar-refractivity contribution in [3.8, 4) is 5.75 Å². The number of ether oxygens (including phenoxy) is 1. The molecular weight excluding hydrogens is 527 g/mol. The molecule has 10 heteroatoms. The van der Waals surface area contributed by atoms with Crippen molar-refractivity contribution in [1.29, 1.82) is 0 Å². The van der Waals surface area contributed by atoms with Crippen LogP contribution in [0.25, 0.3) is 5.76 Å². The highest BCUT2D eigenvalue weighted by atomic mass is 35.5. The smallest absolute Gasteiger partial charge is 0.300 e. The van der Waals surface area contributed by atoms with Crippen LogP contribution in [0.5, 0.6) is 5.75 Å². The summed E-state index contributed by atoms with van der Waals surface area (Å²) in [6.45, 7) is 3.75. The highest BCUT2D eigenvalue weighted by Crippen LogP contribution is 2.44. The molecule has 0 radical (unpaired) electrons. The molecule has 1 unspecified atom stereocenters. The average Bonchev–Trinajstić information content (AvgIpc) is 3.19. The van der Waals surface area contributed by atoms with E-state index in [1.807, 2.05) is 24.3 Å². The molecule has 1 amide bonds. The van der Waals surface area contributed by atoms with Crippen LogP contribution in [-0.2, 0) is 9.59 Å². The van der Waals surface area contributed by atoms with Gasteiger partial charge < -0.3 is 19.6 Å². The Morgan fingerprint density at radius 2 is 1.63 bits per heavy atom. The lowest BCUT2D eigenvalue weighted by atomic mass is 9.96. The van der Waals surface area contributed by atoms with E-state index in [4.69, 9.17) is 27.9 Å². The number of rotatable bonds is 5. The average molecular weight is 553 g/mol. The number of ketones is 1. The number of carbonyl (C=O) groups excluding carboxylic acids is 2. The number of aromatic nitrogens is 1. The lowest BCUT2D eigenvalue weighted by Gasteiger charge is -2.34. The Hall–Kier alpha value is -3.59. The first-order chi connectivity index (χ1) is 18.3. The van der Waals surface area contributed by atoms with Crippen molar-refractivity contribution >= 4 is 52.0 Å². The fraction of sp³-hybridized carbons (Fsp3) is 0.250. The number of nitrogens with zero attached hydrogens (tertiary/aromatic N) is 4. The van der Waals surface area contributed by atoms with Crippen LogP contribution in [0, 0.1) is 0 Å². The van der Waals surface area contributed by atoms with Crippen molar-refractivity contribution in [2.75, 3.05) is 50.1 Å². The Labute approximate surface area is 230 Å². The summed E-state index contributed by atoms with van der Waals surface area (Å²) in [4.78, 5) is 37.0. The number of hydrogen-bond donors (Lipinski definition) is 1. The monoisotopic (exact) mass is 552 g/mol. The first-order valence-electron chi connectivity index (χ1n) is 12.1. The fourth-order valence-corrected chi connectivity index (χ4v) is 5.53. The molecule has 8 nitrogen and oxygen atoms in total. The molecule has 0 spiro atoms. The van der Waals surface area contributed by atoms with Gasteiger partial charge in [-0.3, -0.25) is 19.5 Å². The summed E-state index contributed by atoms with van der Waals surface area (Å²) in [5.41, 5.74) is 2.26. The van der Waals surface area contributed by atoms with Gasteiger partial charge in [0.1, 0.15) is 5.76 Å². The van der Waals surface area contributed by atoms with Gasteiger partial charge in [0.05, 0.1) is 28.8 Å². The van der Waals surface area contributed by atoms with E-state index in [0.717, 1.165) is 31.9 Å². The van der Waals surface area contributed by atoms with Crippen LogP contribution in [0.1, 0.15) is 17.2 Å². The zero-order valence-electron chi connectivity index (χ0n) is 20.9. The fourth-order valence-electron chi connectivity index (χ4n) is 4.89. The van der Waals surface area contributed by atoms with Gasteiger partial charge in [-0.25, -0.2) is 0 Å². The van der Waals surface area contributed by atoms with E-state index >= 15 is 0 Å². The summed E-state index contributed by atoms with van der Waals surface area (Å²) in [6.07, 6.45) is 3.17. The Balaban J connectivity index is 1.59. The number of hydrogen-bond acceptors (Lipinski definition) is 7. The van der Waals surface area contributed by atoms with Crippen LogP contribution in [0.15, 0.2) is 66.5 Å². The first-order valence-corrected chi connectivity index (χ1v) is 12.8. The number of Topliss-reactive ketones (excluding diaryl/α,β-unsaturated/α-hetero) is 1. The molecule has 2 aliphatic rings. The van der Waals surface area contributed by atoms with E-state index < -0.39 is 17.7 Å². The molecule has 2 saturated heterocycles. The lowest BCUT2D eigenvalue weighted by molar-refractivity contribution is -0.132. The van der Waals surface area contributed by atoms with Crippen molar-refractivity contribution in [3.05, 3.63) is 87.7 Å². The van der Waals surface area contributed by atoms with E-state index in [9.17, 15) is 14.7 Å². The number of benzene rings is 2. The molecule has 2 aliphatic heterocycles. The topological polar surface area (TPSA) is 86.2 Å². The summed E-state index contributed by atoms with van der Waals surface area (Å²) in [7, 11) is 3.53. The second-order valence-corrected chi connectivity index (χ2v) is 10.0. The van der Waals surface area contributed by atoms with Crippen LogP contribution < -0.4 is 14.5 Å². The van der Waals surface area contributed by atoms with Gasteiger partial charge in [-0.05, 0) is 55.1 Å². The van der Waals surface area contributed by atoms with Crippen LogP contribution in [0.4, 0.5) is 11.4 Å². The molecule has 3 heterocycles. The van der Waals surface area contributed by atoms with Crippen LogP contribution in [-0.4, -0.2) is 67.0 Å². The van der Waals surface area contributed by atoms with E-state index in [0.29, 0.717) is 11.3 Å². The Kier molecular flexibility index (Phi) is 7.29. The molecule has 1 atom stereocenters. The van der Waals surface area contributed by atoms with Gasteiger partial charge in [0.15, 0.2) is 5.75 Å². The van der Waals surface area contributed by atoms with E-state index in [1.54, 1.807) is 24.5 Å². The Morgan fingerprint density at radius 3 is 2.21 bits per heavy atom. The predicted molar refractivity (Wildman–Crippen MR) is 148 cm³/mol. The molecule has 1 aromatic heterocycles. The number of halogens is 2. The quantitative estimate of drug-likeness (QED) is 0.277. The van der Waals surface area contributed by atoms with Gasteiger partial charge >= 0.3 is 0 Å². The van der Waals surface area contributed by atoms with Gasteiger partial charge in [0.25, 0.3) is 11.7 Å². The molecule has 196 valence electrons. The maximum atomic E-state index is 13.4. The molecule has 1 N–H and O–H groups in total. The number of aliphatic hydroxyl groups is 1. The van der Waals surface area contributed by atoms with Gasteiger partial charge in [0, 0.05) is 55.5 Å². The first kappa shape index (κ1) is 26.0. The molecule has 3 aromatic rings. The minimum atomic E-state index is -0.905. The van der Waals surface area contributed by atoms with Crippen molar-refractivity contribution in [3.63, 3.8) is 0 Å². The molecule has 2 aromatic carbocycles. The number of carbonyl (C=O) groups is 2. The zero-order valence-corrected chi connectivity index (χ0v) is 22.4. The van der Waals surface area contributed by atoms with Crippen LogP contribution in [0.2, 0.25) is 10.0 Å². The minimum absolute atomic E-state index is 0.0801. The van der Waals surface area contributed by atoms with Crippen molar-refractivity contribution in [1.82, 2.24) is 9.88 Å². The second kappa shape index (κ2) is 10.6. The Morgan fingerprint density at radius 1 is 1.00 bits per heavy atom. The third-order valence-electron chi connectivity index (χ3n) is 6.92. The number of piperazine rings is 1. The van der Waals surface area contributed by atoms with Crippen molar-refractivity contribution in [2.45, 2.75) is 6.04 Å².